The molecule has 156 valence electrons. The maximum atomic E-state index is 12.2. The first-order valence-electron chi connectivity index (χ1n) is 8.78. The summed E-state index contributed by atoms with van der Waals surface area (Å²) in [5.41, 5.74) is 1.69. The molecule has 0 aliphatic rings. The van der Waals surface area contributed by atoms with Crippen molar-refractivity contribution in [2.45, 2.75) is 12.7 Å². The Labute approximate surface area is 169 Å². The van der Waals surface area contributed by atoms with E-state index in [-0.39, 0.29) is 18.0 Å². The fraction of sp³-hybridized carbons (Fsp3) is 0.150. The number of hydrogen-bond acceptors (Lipinski definition) is 4. The molecule has 3 rings (SSSR count). The van der Waals surface area contributed by atoms with Gasteiger partial charge in [-0.1, -0.05) is 18.2 Å². The van der Waals surface area contributed by atoms with Gasteiger partial charge in [-0.05, 0) is 35.9 Å². The summed E-state index contributed by atoms with van der Waals surface area (Å²) in [7, 11) is 0. The van der Waals surface area contributed by atoms with E-state index < -0.39 is 24.6 Å². The van der Waals surface area contributed by atoms with Gasteiger partial charge in [0.25, 0.3) is 0 Å². The maximum Gasteiger partial charge on any atom is 0.422 e. The number of rotatable bonds is 6. The number of nitrogens with one attached hydrogen (secondary N) is 2. The van der Waals surface area contributed by atoms with Crippen LogP contribution in [0.4, 0.5) is 18.9 Å². The van der Waals surface area contributed by atoms with E-state index in [0.29, 0.717) is 0 Å². The molecule has 0 spiro atoms. The van der Waals surface area contributed by atoms with Gasteiger partial charge in [0.15, 0.2) is 6.61 Å². The quantitative estimate of drug-likeness (QED) is 0.603. The maximum absolute atomic E-state index is 12.2. The fourth-order valence-corrected chi connectivity index (χ4v) is 2.51. The molecule has 10 heteroatoms. The summed E-state index contributed by atoms with van der Waals surface area (Å²) in [6, 6.07) is 14.4. The van der Waals surface area contributed by atoms with Crippen LogP contribution in [0.25, 0.3) is 5.69 Å². The van der Waals surface area contributed by atoms with Crippen LogP contribution in [0.1, 0.15) is 5.56 Å². The van der Waals surface area contributed by atoms with E-state index in [1.165, 1.54) is 24.3 Å². The van der Waals surface area contributed by atoms with Crippen molar-refractivity contribution in [2.24, 2.45) is 0 Å². The third-order valence-corrected chi connectivity index (χ3v) is 3.83. The van der Waals surface area contributed by atoms with Crippen LogP contribution in [0.3, 0.4) is 0 Å². The van der Waals surface area contributed by atoms with E-state index in [0.717, 1.165) is 11.3 Å². The average Bonchev–Trinajstić information content (AvgIpc) is 3.25. The lowest BCUT2D eigenvalue weighted by molar-refractivity contribution is -0.153. The molecule has 0 atom stereocenters. The van der Waals surface area contributed by atoms with Crippen molar-refractivity contribution in [2.75, 3.05) is 11.9 Å². The topological polar surface area (TPSA) is 85.2 Å². The average molecular weight is 418 g/mol. The highest BCUT2D eigenvalue weighted by atomic mass is 19.4. The van der Waals surface area contributed by atoms with E-state index in [1.54, 1.807) is 35.3 Å². The van der Waals surface area contributed by atoms with Gasteiger partial charge in [-0.2, -0.15) is 18.3 Å². The normalized spacial score (nSPS) is 11.0. The number of amides is 2. The number of anilines is 1. The molecule has 0 bridgehead atoms. The van der Waals surface area contributed by atoms with E-state index in [2.05, 4.69) is 20.5 Å². The molecule has 7 nitrogen and oxygen atoms in total. The Morgan fingerprint density at radius 2 is 1.83 bits per heavy atom. The van der Waals surface area contributed by atoms with Crippen LogP contribution >= 0.6 is 0 Å². The summed E-state index contributed by atoms with van der Waals surface area (Å²) in [6.07, 6.45) is -1.06. The Kier molecular flexibility index (Phi) is 6.35. The second kappa shape index (κ2) is 9.12. The van der Waals surface area contributed by atoms with Crippen molar-refractivity contribution in [1.82, 2.24) is 15.1 Å². The van der Waals surface area contributed by atoms with Crippen molar-refractivity contribution < 1.29 is 27.5 Å². The van der Waals surface area contributed by atoms with E-state index in [4.69, 9.17) is 0 Å². The van der Waals surface area contributed by atoms with E-state index in [9.17, 15) is 22.8 Å². The molecular weight excluding hydrogens is 401 g/mol. The molecule has 30 heavy (non-hydrogen) atoms. The van der Waals surface area contributed by atoms with Gasteiger partial charge in [0.2, 0.25) is 0 Å². The SMILES string of the molecule is O=C(NCc1cccc(-n2cccn2)c1)C(=O)Nc1cccc(OCC(F)(F)F)c1. The van der Waals surface area contributed by atoms with Crippen LogP contribution < -0.4 is 15.4 Å². The molecule has 2 amide bonds. The molecule has 0 aliphatic heterocycles. The highest BCUT2D eigenvalue weighted by molar-refractivity contribution is 6.39. The van der Waals surface area contributed by atoms with Gasteiger partial charge < -0.3 is 15.4 Å². The molecule has 0 fully saturated rings. The minimum Gasteiger partial charge on any atom is -0.484 e. The standard InChI is InChI=1S/C20H17F3N4O3/c21-20(22,23)13-30-17-7-2-5-15(11-17)26-19(29)18(28)24-12-14-4-1-6-16(10-14)27-9-3-8-25-27/h1-11H,12-13H2,(H,24,28)(H,26,29). The molecule has 1 aromatic heterocycles. The van der Waals surface area contributed by atoms with Gasteiger partial charge in [-0.25, -0.2) is 4.68 Å². The van der Waals surface area contributed by atoms with Crippen molar-refractivity contribution in [3.8, 4) is 11.4 Å². The molecular formula is C20H17F3N4O3. The van der Waals surface area contributed by atoms with Crippen molar-refractivity contribution in [1.29, 1.82) is 0 Å². The van der Waals surface area contributed by atoms with Gasteiger partial charge in [0.1, 0.15) is 5.75 Å². The van der Waals surface area contributed by atoms with Crippen LogP contribution in [0.15, 0.2) is 67.0 Å². The predicted molar refractivity (Wildman–Crippen MR) is 102 cm³/mol. The van der Waals surface area contributed by atoms with Gasteiger partial charge in [0, 0.05) is 30.7 Å². The first-order valence-corrected chi connectivity index (χ1v) is 8.78. The molecule has 2 N–H and O–H groups in total. The van der Waals surface area contributed by atoms with E-state index >= 15 is 0 Å². The Balaban J connectivity index is 1.54. The number of aromatic nitrogens is 2. The van der Waals surface area contributed by atoms with Crippen LogP contribution in [0, 0.1) is 0 Å². The number of hydrogen-bond donors (Lipinski definition) is 2. The molecule has 1 heterocycles. The Bertz CT molecular complexity index is 1020. The monoisotopic (exact) mass is 418 g/mol. The van der Waals surface area contributed by atoms with Gasteiger partial charge in [-0.15, -0.1) is 0 Å². The second-order valence-electron chi connectivity index (χ2n) is 6.19. The Morgan fingerprint density at radius 3 is 2.57 bits per heavy atom. The van der Waals surface area contributed by atoms with Crippen molar-refractivity contribution in [3.63, 3.8) is 0 Å². The summed E-state index contributed by atoms with van der Waals surface area (Å²) in [4.78, 5) is 24.1. The van der Waals surface area contributed by atoms with Crippen LogP contribution in [-0.2, 0) is 16.1 Å². The summed E-state index contributed by atoms with van der Waals surface area (Å²) in [6.45, 7) is -1.35. The smallest absolute Gasteiger partial charge is 0.422 e. The fourth-order valence-electron chi connectivity index (χ4n) is 2.51. The van der Waals surface area contributed by atoms with Crippen LogP contribution in [0.5, 0.6) is 5.75 Å². The number of nitrogens with zero attached hydrogens (tertiary/aromatic N) is 2. The first-order chi connectivity index (χ1) is 14.3. The highest BCUT2D eigenvalue weighted by Gasteiger charge is 2.28. The summed E-state index contributed by atoms with van der Waals surface area (Å²) in [5.74, 6) is -1.92. The molecule has 0 aliphatic carbocycles. The molecule has 0 radical (unpaired) electrons. The molecule has 0 unspecified atom stereocenters. The number of ether oxygens (including phenoxy) is 1. The zero-order valence-corrected chi connectivity index (χ0v) is 15.5. The largest absolute Gasteiger partial charge is 0.484 e. The summed E-state index contributed by atoms with van der Waals surface area (Å²) < 4.78 is 43.0. The minimum atomic E-state index is -4.48. The highest BCUT2D eigenvalue weighted by Crippen LogP contribution is 2.21. The number of halogens is 3. The van der Waals surface area contributed by atoms with Gasteiger partial charge in [-0.3, -0.25) is 9.59 Å². The number of carbonyl (C=O) groups is 2. The molecule has 2 aromatic carbocycles. The van der Waals surface area contributed by atoms with Gasteiger partial charge in [0.05, 0.1) is 5.69 Å². The molecule has 0 saturated heterocycles. The lowest BCUT2D eigenvalue weighted by atomic mass is 10.2. The molecule has 0 saturated carbocycles. The third kappa shape index (κ3) is 6.09. The molecule has 3 aromatic rings. The minimum absolute atomic E-state index is 0.0824. The Morgan fingerprint density at radius 1 is 1.03 bits per heavy atom. The number of benzene rings is 2. The number of carbonyl (C=O) groups excluding carboxylic acids is 2. The van der Waals surface area contributed by atoms with Crippen LogP contribution in [-0.4, -0.2) is 34.4 Å². The third-order valence-electron chi connectivity index (χ3n) is 3.83. The van der Waals surface area contributed by atoms with Crippen molar-refractivity contribution in [3.05, 3.63) is 72.6 Å². The van der Waals surface area contributed by atoms with Crippen molar-refractivity contribution >= 4 is 17.5 Å². The number of alkyl halides is 3. The lowest BCUT2D eigenvalue weighted by Gasteiger charge is -2.11. The predicted octanol–water partition coefficient (Wildman–Crippen LogP) is 3.07. The van der Waals surface area contributed by atoms with Crippen LogP contribution in [0.2, 0.25) is 0 Å². The summed E-state index contributed by atoms with van der Waals surface area (Å²) >= 11 is 0. The van der Waals surface area contributed by atoms with E-state index in [1.807, 2.05) is 12.1 Å². The second-order valence-corrected chi connectivity index (χ2v) is 6.19. The lowest BCUT2D eigenvalue weighted by Crippen LogP contribution is -2.35. The van der Waals surface area contributed by atoms with Gasteiger partial charge >= 0.3 is 18.0 Å². The zero-order chi connectivity index (χ0) is 21.6. The first kappa shape index (κ1) is 20.9. The Hall–Kier alpha value is -3.82. The zero-order valence-electron chi connectivity index (χ0n) is 15.5. The summed E-state index contributed by atoms with van der Waals surface area (Å²) in [5, 5.41) is 8.94.